The molecule has 146 valence electrons. The molecular formula is C20H27N3O3S. The fourth-order valence-electron chi connectivity index (χ4n) is 3.99. The van der Waals surface area contributed by atoms with Gasteiger partial charge in [-0.2, -0.15) is 0 Å². The van der Waals surface area contributed by atoms with Crippen LogP contribution < -0.4 is 10.6 Å². The van der Waals surface area contributed by atoms with Crippen molar-refractivity contribution in [1.82, 2.24) is 10.2 Å². The molecular weight excluding hydrogens is 362 g/mol. The topological polar surface area (TPSA) is 70.7 Å². The van der Waals surface area contributed by atoms with Gasteiger partial charge in [0.25, 0.3) is 0 Å². The molecule has 3 unspecified atom stereocenters. The number of nitrogens with one attached hydrogen (secondary N) is 2. The minimum Gasteiger partial charge on any atom is -0.469 e. The van der Waals surface area contributed by atoms with E-state index in [-0.39, 0.29) is 24.4 Å². The monoisotopic (exact) mass is 389 g/mol. The Kier molecular flexibility index (Phi) is 6.31. The standard InChI is InChI=1S/C20H27N3O3S/c1-3-13-8-10-14(11-9-13)21-20(27)23-16-7-5-4-6-15(16)22-19(25)17(23)12-18(24)26-2/h8-11,15-17H,3-7,12H2,1-2H3,(H,21,27)(H,22,25). The zero-order chi connectivity index (χ0) is 19.4. The maximum atomic E-state index is 12.7. The zero-order valence-corrected chi connectivity index (χ0v) is 16.7. The molecule has 0 bridgehead atoms. The van der Waals surface area contributed by atoms with Crippen molar-refractivity contribution in [2.45, 2.75) is 63.6 Å². The zero-order valence-electron chi connectivity index (χ0n) is 15.9. The Hall–Kier alpha value is -2.15. The average molecular weight is 390 g/mol. The number of benzene rings is 1. The van der Waals surface area contributed by atoms with Gasteiger partial charge in [0.1, 0.15) is 6.04 Å². The number of esters is 1. The summed E-state index contributed by atoms with van der Waals surface area (Å²) in [6.07, 6.45) is 5.02. The third kappa shape index (κ3) is 4.40. The number of carbonyl (C=O) groups excluding carboxylic acids is 2. The van der Waals surface area contributed by atoms with Gasteiger partial charge in [0.2, 0.25) is 5.91 Å². The van der Waals surface area contributed by atoms with E-state index >= 15 is 0 Å². The van der Waals surface area contributed by atoms with Crippen LogP contribution in [-0.4, -0.2) is 47.1 Å². The highest BCUT2D eigenvalue weighted by molar-refractivity contribution is 7.80. The summed E-state index contributed by atoms with van der Waals surface area (Å²) in [6.45, 7) is 2.11. The van der Waals surface area contributed by atoms with Crippen molar-refractivity contribution < 1.29 is 14.3 Å². The van der Waals surface area contributed by atoms with Crippen LogP contribution in [0.1, 0.15) is 44.6 Å². The Morgan fingerprint density at radius 3 is 2.67 bits per heavy atom. The lowest BCUT2D eigenvalue weighted by molar-refractivity contribution is -0.146. The number of anilines is 1. The van der Waals surface area contributed by atoms with Crippen LogP contribution in [0.15, 0.2) is 24.3 Å². The third-order valence-corrected chi connectivity index (χ3v) is 5.80. The van der Waals surface area contributed by atoms with Gasteiger partial charge in [-0.05, 0) is 49.2 Å². The van der Waals surface area contributed by atoms with Gasteiger partial charge in [-0.1, -0.05) is 31.9 Å². The Labute approximate surface area is 165 Å². The SMILES string of the molecule is CCc1ccc(NC(=S)N2C(CC(=O)OC)C(=O)NC3CCCCC32)cc1. The number of methoxy groups -OCH3 is 1. The van der Waals surface area contributed by atoms with Crippen LogP contribution in [0.4, 0.5) is 5.69 Å². The lowest BCUT2D eigenvalue weighted by Crippen LogP contribution is -2.68. The molecule has 3 rings (SSSR count). The van der Waals surface area contributed by atoms with E-state index in [0.717, 1.165) is 37.8 Å². The van der Waals surface area contributed by atoms with Crippen LogP contribution in [0.2, 0.25) is 0 Å². The average Bonchev–Trinajstić information content (AvgIpc) is 2.68. The maximum absolute atomic E-state index is 12.7. The molecule has 2 fully saturated rings. The Morgan fingerprint density at radius 1 is 1.30 bits per heavy atom. The molecule has 0 aromatic heterocycles. The van der Waals surface area contributed by atoms with Crippen molar-refractivity contribution in [1.29, 1.82) is 0 Å². The predicted molar refractivity (Wildman–Crippen MR) is 108 cm³/mol. The lowest BCUT2D eigenvalue weighted by Gasteiger charge is -2.49. The van der Waals surface area contributed by atoms with E-state index in [1.807, 2.05) is 17.0 Å². The van der Waals surface area contributed by atoms with Crippen LogP contribution in [-0.2, 0) is 20.7 Å². The Balaban J connectivity index is 1.83. The Bertz CT molecular complexity index is 707. The van der Waals surface area contributed by atoms with Gasteiger partial charge in [0, 0.05) is 11.7 Å². The van der Waals surface area contributed by atoms with Crippen molar-refractivity contribution in [2.75, 3.05) is 12.4 Å². The van der Waals surface area contributed by atoms with E-state index in [4.69, 9.17) is 17.0 Å². The molecule has 2 N–H and O–H groups in total. The number of thiocarbonyl (C=S) groups is 1. The number of aryl methyl sites for hydroxylation is 1. The minimum absolute atomic E-state index is 0.0118. The number of carbonyl (C=O) groups is 2. The number of piperazine rings is 1. The van der Waals surface area contributed by atoms with E-state index in [0.29, 0.717) is 5.11 Å². The van der Waals surface area contributed by atoms with Gasteiger partial charge < -0.3 is 20.3 Å². The molecule has 1 saturated carbocycles. The lowest BCUT2D eigenvalue weighted by atomic mass is 9.85. The summed E-state index contributed by atoms with van der Waals surface area (Å²) in [7, 11) is 1.34. The van der Waals surface area contributed by atoms with Crippen molar-refractivity contribution in [3.63, 3.8) is 0 Å². The number of hydrogen-bond donors (Lipinski definition) is 2. The second-order valence-electron chi connectivity index (χ2n) is 7.15. The van der Waals surface area contributed by atoms with E-state index in [1.165, 1.54) is 12.7 Å². The number of amides is 1. The number of fused-ring (bicyclic) bond motifs is 1. The fraction of sp³-hybridized carbons (Fsp3) is 0.550. The highest BCUT2D eigenvalue weighted by Gasteiger charge is 2.44. The summed E-state index contributed by atoms with van der Waals surface area (Å²) in [4.78, 5) is 26.5. The number of nitrogens with zero attached hydrogens (tertiary/aromatic N) is 1. The maximum Gasteiger partial charge on any atom is 0.308 e. The number of ether oxygens (including phenoxy) is 1. The van der Waals surface area contributed by atoms with E-state index in [9.17, 15) is 9.59 Å². The molecule has 7 heteroatoms. The number of rotatable bonds is 4. The largest absolute Gasteiger partial charge is 0.469 e. The quantitative estimate of drug-likeness (QED) is 0.609. The molecule has 1 aromatic carbocycles. The van der Waals surface area contributed by atoms with Crippen LogP contribution in [0.3, 0.4) is 0 Å². The predicted octanol–water partition coefficient (Wildman–Crippen LogP) is 2.62. The van der Waals surface area contributed by atoms with Crippen molar-refractivity contribution in [3.05, 3.63) is 29.8 Å². The molecule has 1 aromatic rings. The molecule has 0 radical (unpaired) electrons. The molecule has 1 amide bonds. The van der Waals surface area contributed by atoms with Gasteiger partial charge in [-0.15, -0.1) is 0 Å². The Morgan fingerprint density at radius 2 is 2.00 bits per heavy atom. The van der Waals surface area contributed by atoms with Crippen LogP contribution >= 0.6 is 12.2 Å². The molecule has 3 atom stereocenters. The van der Waals surface area contributed by atoms with Gasteiger partial charge in [0.05, 0.1) is 19.6 Å². The first-order chi connectivity index (χ1) is 13.0. The summed E-state index contributed by atoms with van der Waals surface area (Å²) < 4.78 is 4.80. The molecule has 6 nitrogen and oxygen atoms in total. The highest BCUT2D eigenvalue weighted by atomic mass is 32.1. The minimum atomic E-state index is -0.647. The third-order valence-electron chi connectivity index (χ3n) is 5.49. The van der Waals surface area contributed by atoms with Gasteiger partial charge >= 0.3 is 5.97 Å². The smallest absolute Gasteiger partial charge is 0.308 e. The molecule has 1 aliphatic carbocycles. The molecule has 0 spiro atoms. The fourth-order valence-corrected chi connectivity index (χ4v) is 4.37. The second-order valence-corrected chi connectivity index (χ2v) is 7.54. The van der Waals surface area contributed by atoms with Crippen LogP contribution in [0.25, 0.3) is 0 Å². The molecule has 2 aliphatic rings. The summed E-state index contributed by atoms with van der Waals surface area (Å²) in [5, 5.41) is 6.83. The van der Waals surface area contributed by atoms with Gasteiger partial charge in [0.15, 0.2) is 5.11 Å². The van der Waals surface area contributed by atoms with Crippen molar-refractivity contribution in [2.24, 2.45) is 0 Å². The second kappa shape index (κ2) is 8.69. The first kappa shape index (κ1) is 19.6. The summed E-state index contributed by atoms with van der Waals surface area (Å²) in [5.74, 6) is -0.571. The van der Waals surface area contributed by atoms with Crippen LogP contribution in [0, 0.1) is 0 Å². The molecule has 1 heterocycles. The van der Waals surface area contributed by atoms with Crippen molar-refractivity contribution >= 4 is 34.9 Å². The van der Waals surface area contributed by atoms with E-state index < -0.39 is 12.0 Å². The van der Waals surface area contributed by atoms with Gasteiger partial charge in [-0.3, -0.25) is 9.59 Å². The highest BCUT2D eigenvalue weighted by Crippen LogP contribution is 2.30. The van der Waals surface area contributed by atoms with Crippen molar-refractivity contribution in [3.8, 4) is 0 Å². The number of hydrogen-bond acceptors (Lipinski definition) is 4. The first-order valence-electron chi connectivity index (χ1n) is 9.59. The van der Waals surface area contributed by atoms with Gasteiger partial charge in [-0.25, -0.2) is 0 Å². The van der Waals surface area contributed by atoms with E-state index in [1.54, 1.807) is 0 Å². The van der Waals surface area contributed by atoms with Crippen LogP contribution in [0.5, 0.6) is 0 Å². The molecule has 27 heavy (non-hydrogen) atoms. The van der Waals surface area contributed by atoms with E-state index in [2.05, 4.69) is 29.7 Å². The first-order valence-corrected chi connectivity index (χ1v) is 9.99. The summed E-state index contributed by atoms with van der Waals surface area (Å²) >= 11 is 5.69. The normalized spacial score (nSPS) is 24.6. The summed E-state index contributed by atoms with van der Waals surface area (Å²) in [5.41, 5.74) is 2.13. The summed E-state index contributed by atoms with van der Waals surface area (Å²) in [6, 6.07) is 7.62. The molecule has 1 aliphatic heterocycles. The molecule has 1 saturated heterocycles.